The van der Waals surface area contributed by atoms with Crippen molar-refractivity contribution in [3.63, 3.8) is 0 Å². The summed E-state index contributed by atoms with van der Waals surface area (Å²) >= 11 is 0. The summed E-state index contributed by atoms with van der Waals surface area (Å²) in [5, 5.41) is 21.2. The number of carbonyl (C=O) groups excluding carboxylic acids is 1. The van der Waals surface area contributed by atoms with Gasteiger partial charge in [-0.2, -0.15) is 0 Å². The lowest BCUT2D eigenvalue weighted by molar-refractivity contribution is -0.117. The normalized spacial score (nSPS) is 42.1. The van der Waals surface area contributed by atoms with Crippen molar-refractivity contribution in [2.75, 3.05) is 6.61 Å². The summed E-state index contributed by atoms with van der Waals surface area (Å²) in [4.78, 5) is 12.1. The van der Waals surface area contributed by atoms with Crippen LogP contribution in [0.15, 0.2) is 48.1 Å². The number of hydrogen-bond acceptors (Lipinski definition) is 3. The molecule has 4 aliphatic rings. The lowest BCUT2D eigenvalue weighted by atomic mass is 9.46. The van der Waals surface area contributed by atoms with Gasteiger partial charge in [-0.05, 0) is 86.7 Å². The molecule has 5 rings (SSSR count). The first-order chi connectivity index (χ1) is 14.9. The van der Waals surface area contributed by atoms with E-state index in [2.05, 4.69) is 38.1 Å². The molecular formula is C28H36O3. The molecule has 1 aromatic carbocycles. The van der Waals surface area contributed by atoms with Crippen LogP contribution in [0.5, 0.6) is 0 Å². The molecule has 0 saturated heterocycles. The van der Waals surface area contributed by atoms with Crippen molar-refractivity contribution in [2.45, 2.75) is 70.3 Å². The quantitative estimate of drug-likeness (QED) is 0.668. The summed E-state index contributed by atoms with van der Waals surface area (Å²) < 4.78 is 0. The van der Waals surface area contributed by atoms with Crippen LogP contribution in [0.4, 0.5) is 0 Å². The minimum atomic E-state index is -0.854. The van der Waals surface area contributed by atoms with Crippen LogP contribution in [0, 0.1) is 36.0 Å². The maximum Gasteiger partial charge on any atom is 0.155 e. The summed E-state index contributed by atoms with van der Waals surface area (Å²) in [6.45, 7) is 4.41. The number of aliphatic hydroxyl groups excluding tert-OH is 1. The number of allylic oxidation sites excluding steroid dienone is 1. The molecule has 0 unspecified atom stereocenters. The lowest BCUT2D eigenvalue weighted by Crippen LogP contribution is -2.54. The summed E-state index contributed by atoms with van der Waals surface area (Å²) in [5.74, 6) is 2.83. The van der Waals surface area contributed by atoms with Crippen LogP contribution in [0.2, 0.25) is 0 Å². The Morgan fingerprint density at radius 2 is 1.87 bits per heavy atom. The molecule has 3 heteroatoms. The Morgan fingerprint density at radius 3 is 2.61 bits per heavy atom. The molecule has 0 bridgehead atoms. The zero-order valence-corrected chi connectivity index (χ0v) is 18.9. The molecule has 0 aromatic heterocycles. The Balaban J connectivity index is 1.60. The van der Waals surface area contributed by atoms with Crippen LogP contribution in [-0.4, -0.2) is 28.2 Å². The van der Waals surface area contributed by atoms with Gasteiger partial charge in [-0.25, -0.2) is 0 Å². The van der Waals surface area contributed by atoms with Gasteiger partial charge in [0, 0.05) is 11.8 Å². The van der Waals surface area contributed by atoms with Gasteiger partial charge in [-0.1, -0.05) is 54.5 Å². The van der Waals surface area contributed by atoms with E-state index in [1.807, 2.05) is 12.2 Å². The Labute approximate surface area is 186 Å². The molecular weight excluding hydrogens is 384 g/mol. The van der Waals surface area contributed by atoms with Crippen molar-refractivity contribution in [3.05, 3.63) is 59.2 Å². The Bertz CT molecular complexity index is 913. The van der Waals surface area contributed by atoms with E-state index in [0.717, 1.165) is 38.5 Å². The van der Waals surface area contributed by atoms with E-state index >= 15 is 0 Å². The smallest absolute Gasteiger partial charge is 0.155 e. The summed E-state index contributed by atoms with van der Waals surface area (Å²) in [5.41, 5.74) is 3.01. The van der Waals surface area contributed by atoms with Gasteiger partial charge in [0.05, 0.1) is 12.2 Å². The molecule has 7 atom stereocenters. The van der Waals surface area contributed by atoms with E-state index in [-0.39, 0.29) is 12.0 Å². The predicted molar refractivity (Wildman–Crippen MR) is 123 cm³/mol. The van der Waals surface area contributed by atoms with Gasteiger partial charge in [0.2, 0.25) is 0 Å². The fraction of sp³-hybridized carbons (Fsp3) is 0.607. The molecule has 0 radical (unpaired) electrons. The summed E-state index contributed by atoms with van der Waals surface area (Å²) in [7, 11) is 0. The summed E-state index contributed by atoms with van der Waals surface area (Å²) in [6, 6.07) is 9.03. The highest BCUT2D eigenvalue weighted by molar-refractivity contribution is 5.91. The lowest BCUT2D eigenvalue weighted by Gasteiger charge is -2.58. The van der Waals surface area contributed by atoms with Gasteiger partial charge < -0.3 is 10.2 Å². The Morgan fingerprint density at radius 1 is 1.10 bits per heavy atom. The van der Waals surface area contributed by atoms with Gasteiger partial charge in [0.1, 0.15) is 0 Å². The highest BCUT2D eigenvalue weighted by atomic mass is 16.3. The number of rotatable bonds is 3. The number of aryl methyl sites for hydroxylation is 1. The standard InChI is InChI=1S/C28H36O3/c1-18-4-6-19(7-5-18)24-17-27(2)25(12-14-28(27,31)13-3-15-29)23-10-8-20-16-21(30)9-11-22(20)26(23)24/h3-7,13,16,22-26,29,31H,8-12,14-15,17H2,1-2H3/b13-3+/t22-,23-,24+,25-,26+,27-,28-/m0/s1. The van der Waals surface area contributed by atoms with Crippen LogP contribution in [0.25, 0.3) is 0 Å². The molecule has 3 nitrogen and oxygen atoms in total. The SMILES string of the molecule is Cc1ccc([C@H]2C[C@@]3(C)[C@@H](CC[C@@]3(O)/C=C/CO)[C@@H]3CCC4=CC(=O)CC[C@@H]4[C@H]32)cc1. The molecule has 2 N–H and O–H groups in total. The van der Waals surface area contributed by atoms with Crippen LogP contribution in [-0.2, 0) is 4.79 Å². The third-order valence-corrected chi connectivity index (χ3v) is 9.52. The van der Waals surface area contributed by atoms with E-state index < -0.39 is 5.60 Å². The van der Waals surface area contributed by atoms with Gasteiger partial charge in [0.15, 0.2) is 5.78 Å². The fourth-order valence-electron chi connectivity index (χ4n) is 8.02. The number of aliphatic hydroxyl groups is 2. The van der Waals surface area contributed by atoms with Crippen molar-refractivity contribution in [1.29, 1.82) is 0 Å². The maximum atomic E-state index is 12.1. The van der Waals surface area contributed by atoms with Gasteiger partial charge in [-0.3, -0.25) is 4.79 Å². The average molecular weight is 421 g/mol. The first kappa shape index (κ1) is 21.2. The highest BCUT2D eigenvalue weighted by Gasteiger charge is 2.63. The number of carbonyl (C=O) groups is 1. The molecule has 31 heavy (non-hydrogen) atoms. The number of ketones is 1. The molecule has 1 aromatic rings. The van der Waals surface area contributed by atoms with Crippen LogP contribution < -0.4 is 0 Å². The molecule has 0 heterocycles. The number of benzene rings is 1. The molecule has 3 saturated carbocycles. The van der Waals surface area contributed by atoms with Crippen LogP contribution in [0.1, 0.15) is 68.9 Å². The van der Waals surface area contributed by atoms with Crippen molar-refractivity contribution < 1.29 is 15.0 Å². The number of hydrogen-bond donors (Lipinski definition) is 2. The fourth-order valence-corrected chi connectivity index (χ4v) is 8.02. The van der Waals surface area contributed by atoms with Gasteiger partial charge in [0.25, 0.3) is 0 Å². The van der Waals surface area contributed by atoms with Crippen molar-refractivity contribution in [2.24, 2.45) is 29.1 Å². The number of fused-ring (bicyclic) bond motifs is 5. The minimum absolute atomic E-state index is 0.0270. The molecule has 3 fully saturated rings. The molecule has 0 aliphatic heterocycles. The summed E-state index contributed by atoms with van der Waals surface area (Å²) in [6.07, 6.45) is 12.2. The third kappa shape index (κ3) is 3.27. The minimum Gasteiger partial charge on any atom is -0.392 e. The monoisotopic (exact) mass is 420 g/mol. The van der Waals surface area contributed by atoms with Crippen molar-refractivity contribution in [3.8, 4) is 0 Å². The molecule has 166 valence electrons. The van der Waals surface area contributed by atoms with E-state index in [4.69, 9.17) is 0 Å². The third-order valence-electron chi connectivity index (χ3n) is 9.52. The largest absolute Gasteiger partial charge is 0.392 e. The predicted octanol–water partition coefficient (Wildman–Crippen LogP) is 5.11. The first-order valence-electron chi connectivity index (χ1n) is 12.2. The molecule has 0 amide bonds. The second-order valence-corrected chi connectivity index (χ2v) is 10.9. The van der Waals surface area contributed by atoms with E-state index in [9.17, 15) is 15.0 Å². The van der Waals surface area contributed by atoms with E-state index in [0.29, 0.717) is 41.8 Å². The van der Waals surface area contributed by atoms with Crippen molar-refractivity contribution in [1.82, 2.24) is 0 Å². The van der Waals surface area contributed by atoms with E-state index in [1.165, 1.54) is 16.7 Å². The van der Waals surface area contributed by atoms with E-state index in [1.54, 1.807) is 6.08 Å². The second kappa shape index (κ2) is 7.71. The molecule has 4 aliphatic carbocycles. The van der Waals surface area contributed by atoms with Crippen LogP contribution in [0.3, 0.4) is 0 Å². The zero-order valence-electron chi connectivity index (χ0n) is 18.9. The van der Waals surface area contributed by atoms with Crippen molar-refractivity contribution >= 4 is 5.78 Å². The first-order valence-corrected chi connectivity index (χ1v) is 12.2. The topological polar surface area (TPSA) is 57.5 Å². The van der Waals surface area contributed by atoms with Crippen LogP contribution >= 0.6 is 0 Å². The van der Waals surface area contributed by atoms with Gasteiger partial charge in [-0.15, -0.1) is 0 Å². The van der Waals surface area contributed by atoms with Gasteiger partial charge >= 0.3 is 0 Å². The highest BCUT2D eigenvalue weighted by Crippen LogP contribution is 2.68. The molecule has 0 spiro atoms. The Kier molecular flexibility index (Phi) is 5.26. The zero-order chi connectivity index (χ0) is 21.8. The Hall–Kier alpha value is -1.71. The second-order valence-electron chi connectivity index (χ2n) is 10.9. The maximum absolute atomic E-state index is 12.1. The average Bonchev–Trinajstić information content (AvgIpc) is 3.02.